The summed E-state index contributed by atoms with van der Waals surface area (Å²) >= 11 is 0. The molecule has 2 nitrogen and oxygen atoms in total. The van der Waals surface area contributed by atoms with Crippen LogP contribution in [-0.4, -0.2) is 30.6 Å². The molecule has 0 aliphatic heterocycles. The topological polar surface area (TPSA) is 15.3 Å². The van der Waals surface area contributed by atoms with Crippen LogP contribution in [0.25, 0.3) is 0 Å². The van der Waals surface area contributed by atoms with Crippen molar-refractivity contribution in [3.05, 3.63) is 35.4 Å². The number of nitrogens with one attached hydrogen (secondary N) is 1. The second-order valence-electron chi connectivity index (χ2n) is 7.63. The average Bonchev–Trinajstić information content (AvgIpc) is 2.38. The first-order chi connectivity index (χ1) is 9.70. The Morgan fingerprint density at radius 3 is 2.00 bits per heavy atom. The van der Waals surface area contributed by atoms with Crippen LogP contribution in [0.3, 0.4) is 0 Å². The van der Waals surface area contributed by atoms with E-state index in [0.717, 1.165) is 19.5 Å². The monoisotopic (exact) mass is 290 g/mol. The molecule has 0 bridgehead atoms. The van der Waals surface area contributed by atoms with E-state index in [1.807, 2.05) is 0 Å². The maximum absolute atomic E-state index is 3.46. The Balaban J connectivity index is 2.51. The molecule has 1 N–H and O–H groups in total. The van der Waals surface area contributed by atoms with Crippen molar-refractivity contribution >= 4 is 0 Å². The SMILES string of the molecule is CC(C)NCCc1ccc(CN(C)C(C)C(C)(C)C)cc1. The summed E-state index contributed by atoms with van der Waals surface area (Å²) in [6.07, 6.45) is 1.10. The highest BCUT2D eigenvalue weighted by molar-refractivity contribution is 5.22. The molecule has 0 saturated carbocycles. The number of benzene rings is 1. The van der Waals surface area contributed by atoms with E-state index in [1.165, 1.54) is 11.1 Å². The molecule has 1 unspecified atom stereocenters. The van der Waals surface area contributed by atoms with Crippen LogP contribution in [0, 0.1) is 5.41 Å². The van der Waals surface area contributed by atoms with Crippen molar-refractivity contribution in [2.75, 3.05) is 13.6 Å². The van der Waals surface area contributed by atoms with Crippen molar-refractivity contribution in [3.63, 3.8) is 0 Å². The van der Waals surface area contributed by atoms with Crippen molar-refractivity contribution in [1.82, 2.24) is 10.2 Å². The molecule has 0 fully saturated rings. The third-order valence-electron chi connectivity index (χ3n) is 4.34. The first-order valence-corrected chi connectivity index (χ1v) is 8.21. The lowest BCUT2D eigenvalue weighted by Crippen LogP contribution is -2.38. The molecular weight excluding hydrogens is 256 g/mol. The molecule has 120 valence electrons. The van der Waals surface area contributed by atoms with E-state index >= 15 is 0 Å². The van der Waals surface area contributed by atoms with E-state index in [4.69, 9.17) is 0 Å². The molecule has 0 aliphatic carbocycles. The van der Waals surface area contributed by atoms with E-state index in [-0.39, 0.29) is 0 Å². The van der Waals surface area contributed by atoms with Gasteiger partial charge in [-0.2, -0.15) is 0 Å². The standard InChI is InChI=1S/C19H34N2/c1-15(2)20-13-12-17-8-10-18(11-9-17)14-21(7)16(3)19(4,5)6/h8-11,15-16,20H,12-14H2,1-7H3. The number of nitrogens with zero attached hydrogens (tertiary/aromatic N) is 1. The van der Waals surface area contributed by atoms with Crippen LogP contribution in [0.2, 0.25) is 0 Å². The van der Waals surface area contributed by atoms with Crippen LogP contribution >= 0.6 is 0 Å². The molecule has 0 spiro atoms. The van der Waals surface area contributed by atoms with Crippen molar-refractivity contribution in [2.45, 2.75) is 66.6 Å². The van der Waals surface area contributed by atoms with Crippen LogP contribution in [0.5, 0.6) is 0 Å². The summed E-state index contributed by atoms with van der Waals surface area (Å²) in [5.41, 5.74) is 3.13. The lowest BCUT2D eigenvalue weighted by atomic mass is 9.87. The van der Waals surface area contributed by atoms with E-state index < -0.39 is 0 Å². The second kappa shape index (κ2) is 7.95. The quantitative estimate of drug-likeness (QED) is 0.813. The minimum absolute atomic E-state index is 0.317. The molecule has 0 aliphatic rings. The van der Waals surface area contributed by atoms with E-state index in [1.54, 1.807) is 0 Å². The van der Waals surface area contributed by atoms with Gasteiger partial charge in [0.25, 0.3) is 0 Å². The van der Waals surface area contributed by atoms with Gasteiger partial charge in [-0.25, -0.2) is 0 Å². The fraction of sp³-hybridized carbons (Fsp3) is 0.684. The van der Waals surface area contributed by atoms with Crippen molar-refractivity contribution < 1.29 is 0 Å². The summed E-state index contributed by atoms with van der Waals surface area (Å²) in [7, 11) is 2.22. The van der Waals surface area contributed by atoms with Gasteiger partial charge < -0.3 is 5.32 Å². The van der Waals surface area contributed by atoms with Gasteiger partial charge in [0.05, 0.1) is 0 Å². The van der Waals surface area contributed by atoms with Gasteiger partial charge in [0.15, 0.2) is 0 Å². The summed E-state index contributed by atoms with van der Waals surface area (Å²) in [5, 5.41) is 3.46. The van der Waals surface area contributed by atoms with Crippen LogP contribution in [0.4, 0.5) is 0 Å². The molecule has 0 amide bonds. The Morgan fingerprint density at radius 1 is 1.00 bits per heavy atom. The fourth-order valence-corrected chi connectivity index (χ4v) is 2.40. The summed E-state index contributed by atoms with van der Waals surface area (Å²) in [6.45, 7) is 15.7. The molecule has 0 heterocycles. The molecule has 1 aromatic rings. The Hall–Kier alpha value is -0.860. The number of hydrogen-bond acceptors (Lipinski definition) is 2. The van der Waals surface area contributed by atoms with Crippen LogP contribution < -0.4 is 5.32 Å². The maximum Gasteiger partial charge on any atom is 0.0233 e. The molecule has 0 radical (unpaired) electrons. The molecule has 1 aromatic carbocycles. The zero-order valence-corrected chi connectivity index (χ0v) is 15.0. The van der Waals surface area contributed by atoms with Gasteiger partial charge in [-0.15, -0.1) is 0 Å². The van der Waals surface area contributed by atoms with E-state index in [0.29, 0.717) is 17.5 Å². The Kier molecular flexibility index (Phi) is 6.89. The van der Waals surface area contributed by atoms with Crippen molar-refractivity contribution in [1.29, 1.82) is 0 Å². The Labute approximate surface area is 131 Å². The smallest absolute Gasteiger partial charge is 0.0233 e. The molecule has 0 saturated heterocycles. The summed E-state index contributed by atoms with van der Waals surface area (Å²) in [4.78, 5) is 2.44. The van der Waals surface area contributed by atoms with Crippen LogP contribution in [0.1, 0.15) is 52.7 Å². The predicted octanol–water partition coefficient (Wildman–Crippen LogP) is 4.09. The lowest BCUT2D eigenvalue weighted by Gasteiger charge is -2.35. The Bertz CT molecular complexity index is 401. The molecule has 0 aromatic heterocycles. The van der Waals surface area contributed by atoms with Gasteiger partial charge in [-0.3, -0.25) is 4.90 Å². The number of rotatable bonds is 7. The second-order valence-corrected chi connectivity index (χ2v) is 7.63. The van der Waals surface area contributed by atoms with Gasteiger partial charge in [0.2, 0.25) is 0 Å². The largest absolute Gasteiger partial charge is 0.314 e. The minimum atomic E-state index is 0.317. The minimum Gasteiger partial charge on any atom is -0.314 e. The highest BCUT2D eigenvalue weighted by atomic mass is 15.1. The van der Waals surface area contributed by atoms with Crippen molar-refractivity contribution in [2.24, 2.45) is 5.41 Å². The lowest BCUT2D eigenvalue weighted by molar-refractivity contribution is 0.134. The third-order valence-corrected chi connectivity index (χ3v) is 4.34. The first kappa shape index (κ1) is 18.2. The summed E-state index contributed by atoms with van der Waals surface area (Å²) in [5.74, 6) is 0. The predicted molar refractivity (Wildman–Crippen MR) is 93.7 cm³/mol. The zero-order valence-electron chi connectivity index (χ0n) is 15.0. The first-order valence-electron chi connectivity index (χ1n) is 8.21. The van der Waals surface area contributed by atoms with E-state index in [9.17, 15) is 0 Å². The maximum atomic E-state index is 3.46. The normalized spacial score (nSPS) is 14.0. The Morgan fingerprint density at radius 2 is 1.52 bits per heavy atom. The van der Waals surface area contributed by atoms with E-state index in [2.05, 4.69) is 83.1 Å². The highest BCUT2D eigenvalue weighted by Gasteiger charge is 2.23. The number of hydrogen-bond donors (Lipinski definition) is 1. The van der Waals surface area contributed by atoms with Gasteiger partial charge in [0.1, 0.15) is 0 Å². The van der Waals surface area contributed by atoms with Crippen molar-refractivity contribution in [3.8, 4) is 0 Å². The van der Waals surface area contributed by atoms with Crippen LogP contribution in [-0.2, 0) is 13.0 Å². The molecule has 1 atom stereocenters. The average molecular weight is 290 g/mol. The van der Waals surface area contributed by atoms with Gasteiger partial charge in [0, 0.05) is 18.6 Å². The van der Waals surface area contributed by atoms with Gasteiger partial charge >= 0.3 is 0 Å². The van der Waals surface area contributed by atoms with Crippen LogP contribution in [0.15, 0.2) is 24.3 Å². The van der Waals surface area contributed by atoms with Gasteiger partial charge in [-0.05, 0) is 43.5 Å². The summed E-state index contributed by atoms with van der Waals surface area (Å²) in [6, 6.07) is 10.2. The molecular formula is C19H34N2. The fourth-order valence-electron chi connectivity index (χ4n) is 2.40. The molecule has 2 heteroatoms. The van der Waals surface area contributed by atoms with Gasteiger partial charge in [-0.1, -0.05) is 58.9 Å². The molecule has 1 rings (SSSR count). The molecule has 21 heavy (non-hydrogen) atoms. The zero-order chi connectivity index (χ0) is 16.0. The summed E-state index contributed by atoms with van der Waals surface area (Å²) < 4.78 is 0. The highest BCUT2D eigenvalue weighted by Crippen LogP contribution is 2.24. The third kappa shape index (κ3) is 6.62.